The number of carbonyl (C=O) groups excluding carboxylic acids is 1. The lowest BCUT2D eigenvalue weighted by Gasteiger charge is -2.34. The molecule has 2 fully saturated rings. The molecular weight excluding hydrogens is 296 g/mol. The summed E-state index contributed by atoms with van der Waals surface area (Å²) in [6.07, 6.45) is 4.14. The molecule has 2 N–H and O–H groups in total. The van der Waals surface area contributed by atoms with E-state index in [1.54, 1.807) is 4.90 Å². The van der Waals surface area contributed by atoms with E-state index in [4.69, 9.17) is 5.11 Å². The second kappa shape index (κ2) is 6.31. The molecule has 1 amide bonds. The number of carboxylic acids is 1. The summed E-state index contributed by atoms with van der Waals surface area (Å²) in [7, 11) is -3.28. The summed E-state index contributed by atoms with van der Waals surface area (Å²) in [6, 6.07) is -0.241. The van der Waals surface area contributed by atoms with Gasteiger partial charge in [-0.25, -0.2) is 13.1 Å². The Labute approximate surface area is 124 Å². The Morgan fingerprint density at radius 2 is 1.86 bits per heavy atom. The Kier molecular flexibility index (Phi) is 4.88. The molecule has 2 aliphatic rings. The summed E-state index contributed by atoms with van der Waals surface area (Å²) < 4.78 is 25.1. The first-order chi connectivity index (χ1) is 9.76. The van der Waals surface area contributed by atoms with Gasteiger partial charge >= 0.3 is 5.97 Å². The largest absolute Gasteiger partial charge is 0.481 e. The maximum Gasteiger partial charge on any atom is 0.306 e. The minimum atomic E-state index is -3.28. The van der Waals surface area contributed by atoms with Crippen LogP contribution in [0.3, 0.4) is 0 Å². The van der Waals surface area contributed by atoms with Gasteiger partial charge in [0.1, 0.15) is 0 Å². The van der Waals surface area contributed by atoms with E-state index in [-0.39, 0.29) is 17.9 Å². The van der Waals surface area contributed by atoms with E-state index in [2.05, 4.69) is 4.72 Å². The third kappa shape index (κ3) is 4.41. The van der Waals surface area contributed by atoms with Gasteiger partial charge in [0.15, 0.2) is 0 Å². The van der Waals surface area contributed by atoms with E-state index in [0.717, 1.165) is 19.1 Å². The Hall–Kier alpha value is -1.15. The molecular formula is C13H22N2O5S. The summed E-state index contributed by atoms with van der Waals surface area (Å²) >= 11 is 0. The molecule has 0 aromatic heterocycles. The van der Waals surface area contributed by atoms with Crippen molar-refractivity contribution in [3.8, 4) is 0 Å². The number of nitrogens with zero attached hydrogens (tertiary/aromatic N) is 1. The maximum atomic E-state index is 12.4. The van der Waals surface area contributed by atoms with Crippen molar-refractivity contribution in [2.75, 3.05) is 19.3 Å². The van der Waals surface area contributed by atoms with Crippen LogP contribution < -0.4 is 4.72 Å². The second-order valence-corrected chi connectivity index (χ2v) is 7.84. The van der Waals surface area contributed by atoms with Crippen molar-refractivity contribution >= 4 is 21.9 Å². The molecule has 3 atom stereocenters. The molecule has 1 saturated heterocycles. The summed E-state index contributed by atoms with van der Waals surface area (Å²) in [5.41, 5.74) is 0. The minimum Gasteiger partial charge on any atom is -0.481 e. The van der Waals surface area contributed by atoms with E-state index in [9.17, 15) is 18.0 Å². The molecule has 1 unspecified atom stereocenters. The van der Waals surface area contributed by atoms with Crippen molar-refractivity contribution in [1.82, 2.24) is 9.62 Å². The first kappa shape index (κ1) is 16.2. The zero-order chi connectivity index (χ0) is 15.6. The van der Waals surface area contributed by atoms with Gasteiger partial charge in [0, 0.05) is 25.0 Å². The highest BCUT2D eigenvalue weighted by atomic mass is 32.2. The number of hydrogen-bond donors (Lipinski definition) is 2. The summed E-state index contributed by atoms with van der Waals surface area (Å²) in [5, 5.41) is 8.99. The zero-order valence-electron chi connectivity index (χ0n) is 12.1. The molecule has 1 aliphatic carbocycles. The molecule has 8 heteroatoms. The molecule has 1 saturated carbocycles. The average Bonchev–Trinajstić information content (AvgIpc) is 2.85. The minimum absolute atomic E-state index is 0.0289. The molecule has 1 aliphatic heterocycles. The molecule has 0 spiro atoms. The van der Waals surface area contributed by atoms with Crippen molar-refractivity contribution in [3.63, 3.8) is 0 Å². The third-order valence-corrected chi connectivity index (χ3v) is 5.01. The highest BCUT2D eigenvalue weighted by Gasteiger charge is 2.37. The van der Waals surface area contributed by atoms with Crippen LogP contribution in [-0.2, 0) is 19.6 Å². The zero-order valence-corrected chi connectivity index (χ0v) is 12.9. The molecule has 0 radical (unpaired) electrons. The number of carboxylic acid groups (broad SMARTS) is 1. The first-order valence-corrected chi connectivity index (χ1v) is 9.14. The van der Waals surface area contributed by atoms with Crippen LogP contribution in [0.25, 0.3) is 0 Å². The Bertz CT molecular complexity index is 519. The van der Waals surface area contributed by atoms with Gasteiger partial charge in [0.05, 0.1) is 12.2 Å². The number of piperidine rings is 1. The number of hydrogen-bond acceptors (Lipinski definition) is 4. The van der Waals surface area contributed by atoms with Gasteiger partial charge in [-0.3, -0.25) is 9.59 Å². The fraction of sp³-hybridized carbons (Fsp3) is 0.846. The normalized spacial score (nSPS) is 30.3. The van der Waals surface area contributed by atoms with E-state index in [1.807, 2.05) is 0 Å². The van der Waals surface area contributed by atoms with Gasteiger partial charge in [0.25, 0.3) is 0 Å². The Morgan fingerprint density at radius 1 is 1.19 bits per heavy atom. The topological polar surface area (TPSA) is 104 Å². The van der Waals surface area contributed by atoms with Gasteiger partial charge in [-0.1, -0.05) is 0 Å². The lowest BCUT2D eigenvalue weighted by atomic mass is 10.0. The molecule has 2 rings (SSSR count). The van der Waals surface area contributed by atoms with Gasteiger partial charge in [-0.05, 0) is 32.1 Å². The van der Waals surface area contributed by atoms with Crippen LogP contribution in [-0.4, -0.2) is 55.7 Å². The van der Waals surface area contributed by atoms with Gasteiger partial charge in [0.2, 0.25) is 15.9 Å². The monoisotopic (exact) mass is 318 g/mol. The number of nitrogens with one attached hydrogen (secondary N) is 1. The highest BCUT2D eigenvalue weighted by molar-refractivity contribution is 7.88. The summed E-state index contributed by atoms with van der Waals surface area (Å²) in [5.74, 6) is -1.52. The Morgan fingerprint density at radius 3 is 2.43 bits per heavy atom. The van der Waals surface area contributed by atoms with Crippen LogP contribution >= 0.6 is 0 Å². The van der Waals surface area contributed by atoms with Crippen LogP contribution in [0.2, 0.25) is 0 Å². The number of rotatable bonds is 4. The van der Waals surface area contributed by atoms with Crippen LogP contribution in [0.15, 0.2) is 0 Å². The average molecular weight is 318 g/mol. The molecule has 0 bridgehead atoms. The van der Waals surface area contributed by atoms with Gasteiger partial charge < -0.3 is 10.0 Å². The van der Waals surface area contributed by atoms with E-state index >= 15 is 0 Å². The lowest BCUT2D eigenvalue weighted by molar-refractivity contribution is -0.141. The second-order valence-electron chi connectivity index (χ2n) is 6.06. The lowest BCUT2D eigenvalue weighted by Crippen LogP contribution is -2.50. The molecule has 1 heterocycles. The number of sulfonamides is 1. The van der Waals surface area contributed by atoms with Crippen molar-refractivity contribution in [2.24, 2.45) is 11.8 Å². The molecule has 0 aromatic carbocycles. The SMILES string of the molecule is CS(=O)(=O)NC1CCCN(C(=O)[C@@H]2CC[C@H](C(=O)O)C2)C1. The van der Waals surface area contributed by atoms with Gasteiger partial charge in [-0.2, -0.15) is 0 Å². The van der Waals surface area contributed by atoms with Crippen LogP contribution in [0.5, 0.6) is 0 Å². The van der Waals surface area contributed by atoms with E-state index in [0.29, 0.717) is 32.4 Å². The molecule has 0 aromatic rings. The van der Waals surface area contributed by atoms with Crippen LogP contribution in [0, 0.1) is 11.8 Å². The number of aliphatic carboxylic acids is 1. The van der Waals surface area contributed by atoms with Crippen LogP contribution in [0.1, 0.15) is 32.1 Å². The quantitative estimate of drug-likeness (QED) is 0.761. The molecule has 120 valence electrons. The fourth-order valence-corrected chi connectivity index (χ4v) is 4.06. The fourth-order valence-electron chi connectivity index (χ4n) is 3.26. The van der Waals surface area contributed by atoms with Crippen molar-refractivity contribution in [3.05, 3.63) is 0 Å². The Balaban J connectivity index is 1.92. The van der Waals surface area contributed by atoms with Crippen LogP contribution in [0.4, 0.5) is 0 Å². The number of likely N-dealkylation sites (tertiary alicyclic amines) is 1. The highest BCUT2D eigenvalue weighted by Crippen LogP contribution is 2.33. The van der Waals surface area contributed by atoms with Crippen molar-refractivity contribution in [1.29, 1.82) is 0 Å². The third-order valence-electron chi connectivity index (χ3n) is 4.24. The summed E-state index contributed by atoms with van der Waals surface area (Å²) in [4.78, 5) is 25.1. The van der Waals surface area contributed by atoms with E-state index < -0.39 is 21.9 Å². The van der Waals surface area contributed by atoms with Crippen molar-refractivity contribution < 1.29 is 23.1 Å². The first-order valence-electron chi connectivity index (χ1n) is 7.25. The smallest absolute Gasteiger partial charge is 0.306 e. The number of carbonyl (C=O) groups is 2. The maximum absolute atomic E-state index is 12.4. The standard InChI is InChI=1S/C13H22N2O5S/c1-21(19,20)14-11-3-2-6-15(8-11)12(16)9-4-5-10(7-9)13(17)18/h9-11,14H,2-8H2,1H3,(H,17,18)/t9-,10+,11?/m1/s1. The molecule has 21 heavy (non-hydrogen) atoms. The summed E-state index contributed by atoms with van der Waals surface area (Å²) in [6.45, 7) is 0.995. The van der Waals surface area contributed by atoms with Crippen molar-refractivity contribution in [2.45, 2.75) is 38.1 Å². The molecule has 7 nitrogen and oxygen atoms in total. The van der Waals surface area contributed by atoms with E-state index in [1.165, 1.54) is 0 Å². The van der Waals surface area contributed by atoms with Gasteiger partial charge in [-0.15, -0.1) is 0 Å². The predicted octanol–water partition coefficient (Wildman–Crippen LogP) is 0.0275. The predicted molar refractivity (Wildman–Crippen MR) is 76.0 cm³/mol. The number of amides is 1.